The molecule has 0 aromatic carbocycles. The third-order valence-corrected chi connectivity index (χ3v) is 2.79. The van der Waals surface area contributed by atoms with Gasteiger partial charge in [-0.3, -0.25) is 4.79 Å². The van der Waals surface area contributed by atoms with Crippen molar-refractivity contribution in [3.63, 3.8) is 0 Å². The summed E-state index contributed by atoms with van der Waals surface area (Å²) in [5.74, 6) is -0.519. The van der Waals surface area contributed by atoms with Gasteiger partial charge < -0.3 is 15.3 Å². The lowest BCUT2D eigenvalue weighted by Crippen LogP contribution is -2.46. The molecule has 0 bridgehead atoms. The maximum atomic E-state index is 12.0. The molecule has 16 heavy (non-hydrogen) atoms. The first-order chi connectivity index (χ1) is 7.70. The van der Waals surface area contributed by atoms with E-state index in [9.17, 15) is 9.90 Å². The highest BCUT2D eigenvalue weighted by molar-refractivity contribution is 6.32. The van der Waals surface area contributed by atoms with Crippen molar-refractivity contribution in [2.75, 3.05) is 26.2 Å². The lowest BCUT2D eigenvalue weighted by atomic mass is 10.2. The van der Waals surface area contributed by atoms with Gasteiger partial charge in [0, 0.05) is 32.4 Å². The van der Waals surface area contributed by atoms with Gasteiger partial charge in [0.15, 0.2) is 11.4 Å². The molecule has 2 heterocycles. The zero-order valence-corrected chi connectivity index (χ0v) is 9.37. The van der Waals surface area contributed by atoms with E-state index in [1.165, 1.54) is 12.3 Å². The first kappa shape index (κ1) is 11.2. The maximum Gasteiger partial charge on any atom is 0.276 e. The Morgan fingerprint density at radius 2 is 2.19 bits per heavy atom. The van der Waals surface area contributed by atoms with Crippen molar-refractivity contribution in [3.8, 4) is 5.75 Å². The van der Waals surface area contributed by atoms with Gasteiger partial charge in [-0.1, -0.05) is 11.6 Å². The molecule has 0 atom stereocenters. The lowest BCUT2D eigenvalue weighted by Gasteiger charge is -2.27. The summed E-state index contributed by atoms with van der Waals surface area (Å²) in [4.78, 5) is 17.5. The van der Waals surface area contributed by atoms with Crippen LogP contribution >= 0.6 is 11.6 Å². The van der Waals surface area contributed by atoms with E-state index in [1.54, 1.807) is 4.90 Å². The summed E-state index contributed by atoms with van der Waals surface area (Å²) in [6.07, 6.45) is 1.41. The number of rotatable bonds is 1. The average molecular weight is 242 g/mol. The Labute approximate surface area is 98.0 Å². The molecule has 1 aromatic rings. The van der Waals surface area contributed by atoms with Crippen molar-refractivity contribution in [2.24, 2.45) is 0 Å². The second-order valence-corrected chi connectivity index (χ2v) is 3.94. The van der Waals surface area contributed by atoms with Gasteiger partial charge in [0.1, 0.15) is 0 Å². The minimum Gasteiger partial charge on any atom is -0.504 e. The van der Waals surface area contributed by atoms with Gasteiger partial charge in [-0.05, 0) is 6.07 Å². The van der Waals surface area contributed by atoms with E-state index in [2.05, 4.69) is 10.3 Å². The summed E-state index contributed by atoms with van der Waals surface area (Å²) in [5.41, 5.74) is 0.0226. The Morgan fingerprint density at radius 1 is 1.50 bits per heavy atom. The number of piperazine rings is 1. The number of hydrogen-bond donors (Lipinski definition) is 2. The molecule has 0 saturated carbocycles. The molecule has 1 amide bonds. The highest BCUT2D eigenvalue weighted by Crippen LogP contribution is 2.25. The molecule has 2 rings (SSSR count). The summed E-state index contributed by atoms with van der Waals surface area (Å²) in [5, 5.41) is 12.9. The number of amides is 1. The van der Waals surface area contributed by atoms with Gasteiger partial charge >= 0.3 is 0 Å². The van der Waals surface area contributed by atoms with Crippen LogP contribution in [0.3, 0.4) is 0 Å². The SMILES string of the molecule is O=C(c1nccc(Cl)c1O)N1CCNCC1. The van der Waals surface area contributed by atoms with E-state index in [1.807, 2.05) is 0 Å². The number of halogens is 1. The summed E-state index contributed by atoms with van der Waals surface area (Å²) in [6.45, 7) is 2.75. The molecular weight excluding hydrogens is 230 g/mol. The average Bonchev–Trinajstić information content (AvgIpc) is 2.33. The Morgan fingerprint density at radius 3 is 2.88 bits per heavy atom. The van der Waals surface area contributed by atoms with E-state index in [-0.39, 0.29) is 22.4 Å². The third-order valence-electron chi connectivity index (χ3n) is 2.48. The van der Waals surface area contributed by atoms with E-state index < -0.39 is 0 Å². The number of pyridine rings is 1. The van der Waals surface area contributed by atoms with E-state index in [0.29, 0.717) is 13.1 Å². The minimum atomic E-state index is -0.276. The van der Waals surface area contributed by atoms with Crippen LogP contribution in [0.1, 0.15) is 10.5 Å². The molecule has 0 radical (unpaired) electrons. The normalized spacial score (nSPS) is 16.2. The van der Waals surface area contributed by atoms with Crippen LogP contribution in [0.25, 0.3) is 0 Å². The van der Waals surface area contributed by atoms with Crippen LogP contribution in [0.2, 0.25) is 5.02 Å². The smallest absolute Gasteiger partial charge is 0.276 e. The second-order valence-electron chi connectivity index (χ2n) is 3.53. The van der Waals surface area contributed by atoms with Crippen LogP contribution in [0.15, 0.2) is 12.3 Å². The molecule has 1 aliphatic rings. The van der Waals surface area contributed by atoms with Gasteiger partial charge in [-0.25, -0.2) is 4.98 Å². The lowest BCUT2D eigenvalue weighted by molar-refractivity contribution is 0.0726. The van der Waals surface area contributed by atoms with Crippen molar-refractivity contribution in [1.82, 2.24) is 15.2 Å². The Kier molecular flexibility index (Phi) is 3.26. The quantitative estimate of drug-likeness (QED) is 0.751. The van der Waals surface area contributed by atoms with Crippen LogP contribution in [0.4, 0.5) is 0 Å². The second kappa shape index (κ2) is 4.67. The van der Waals surface area contributed by atoms with Crippen molar-refractivity contribution in [3.05, 3.63) is 23.0 Å². The number of nitrogens with zero attached hydrogens (tertiary/aromatic N) is 2. The van der Waals surface area contributed by atoms with Crippen molar-refractivity contribution in [2.45, 2.75) is 0 Å². The van der Waals surface area contributed by atoms with Gasteiger partial charge in [0.05, 0.1) is 5.02 Å². The molecule has 5 nitrogen and oxygen atoms in total. The van der Waals surface area contributed by atoms with Crippen LogP contribution < -0.4 is 5.32 Å². The molecule has 1 saturated heterocycles. The predicted molar refractivity (Wildman–Crippen MR) is 59.7 cm³/mol. The standard InChI is InChI=1S/C10H12ClN3O2/c11-7-1-2-13-8(9(7)15)10(16)14-5-3-12-4-6-14/h1-2,12,15H,3-6H2. The molecule has 0 spiro atoms. The number of aromatic hydroxyl groups is 1. The fraction of sp³-hybridized carbons (Fsp3) is 0.400. The third kappa shape index (κ3) is 2.10. The number of carbonyl (C=O) groups is 1. The zero-order chi connectivity index (χ0) is 11.5. The van der Waals surface area contributed by atoms with Crippen molar-refractivity contribution < 1.29 is 9.90 Å². The van der Waals surface area contributed by atoms with Gasteiger partial charge in [-0.15, -0.1) is 0 Å². The molecule has 86 valence electrons. The molecule has 0 unspecified atom stereocenters. The fourth-order valence-corrected chi connectivity index (χ4v) is 1.75. The molecule has 1 fully saturated rings. The van der Waals surface area contributed by atoms with Crippen LogP contribution in [0, 0.1) is 0 Å². The Balaban J connectivity index is 2.22. The van der Waals surface area contributed by atoms with Crippen molar-refractivity contribution in [1.29, 1.82) is 0 Å². The first-order valence-corrected chi connectivity index (χ1v) is 5.41. The summed E-state index contributed by atoms with van der Waals surface area (Å²) >= 11 is 5.72. The summed E-state index contributed by atoms with van der Waals surface area (Å²) in [7, 11) is 0. The topological polar surface area (TPSA) is 65.5 Å². The van der Waals surface area contributed by atoms with Crippen molar-refractivity contribution >= 4 is 17.5 Å². The zero-order valence-electron chi connectivity index (χ0n) is 8.61. The number of hydrogen-bond acceptors (Lipinski definition) is 4. The molecule has 2 N–H and O–H groups in total. The molecule has 1 aromatic heterocycles. The van der Waals surface area contributed by atoms with Gasteiger partial charge in [-0.2, -0.15) is 0 Å². The van der Waals surface area contributed by atoms with E-state index in [0.717, 1.165) is 13.1 Å². The fourth-order valence-electron chi connectivity index (χ4n) is 1.60. The minimum absolute atomic E-state index is 0.0226. The van der Waals surface area contributed by atoms with Crippen LogP contribution in [-0.2, 0) is 0 Å². The van der Waals surface area contributed by atoms with Gasteiger partial charge in [0.2, 0.25) is 0 Å². The summed E-state index contributed by atoms with van der Waals surface area (Å²) < 4.78 is 0. The first-order valence-electron chi connectivity index (χ1n) is 5.03. The highest BCUT2D eigenvalue weighted by Gasteiger charge is 2.22. The number of nitrogens with one attached hydrogen (secondary N) is 1. The molecule has 1 aliphatic heterocycles. The highest BCUT2D eigenvalue weighted by atomic mass is 35.5. The van der Waals surface area contributed by atoms with Crippen LogP contribution in [-0.4, -0.2) is 47.1 Å². The van der Waals surface area contributed by atoms with Crippen LogP contribution in [0.5, 0.6) is 5.75 Å². The molecule has 6 heteroatoms. The maximum absolute atomic E-state index is 12.0. The number of aromatic nitrogens is 1. The Hall–Kier alpha value is -1.33. The van der Waals surface area contributed by atoms with E-state index >= 15 is 0 Å². The monoisotopic (exact) mass is 241 g/mol. The largest absolute Gasteiger partial charge is 0.504 e. The summed E-state index contributed by atoms with van der Waals surface area (Å²) in [6, 6.07) is 1.45. The van der Waals surface area contributed by atoms with E-state index in [4.69, 9.17) is 11.6 Å². The molecule has 0 aliphatic carbocycles. The number of carbonyl (C=O) groups excluding carboxylic acids is 1. The van der Waals surface area contributed by atoms with Gasteiger partial charge in [0.25, 0.3) is 5.91 Å². The predicted octanol–water partition coefficient (Wildman–Crippen LogP) is 0.486. The molecular formula is C10H12ClN3O2. The Bertz CT molecular complexity index is 405.